The Bertz CT molecular complexity index is 1200. The predicted molar refractivity (Wildman–Crippen MR) is 143 cm³/mol. The molecule has 0 unspecified atom stereocenters. The van der Waals surface area contributed by atoms with Crippen LogP contribution in [0.3, 0.4) is 0 Å². The highest BCUT2D eigenvalue weighted by atomic mass is 32.1. The van der Waals surface area contributed by atoms with E-state index in [4.69, 9.17) is 4.74 Å². The van der Waals surface area contributed by atoms with E-state index in [0.29, 0.717) is 23.3 Å². The maximum atomic E-state index is 13.7. The van der Waals surface area contributed by atoms with Crippen LogP contribution in [0.25, 0.3) is 22.6 Å². The van der Waals surface area contributed by atoms with Crippen molar-refractivity contribution in [1.29, 1.82) is 0 Å². The van der Waals surface area contributed by atoms with Crippen molar-refractivity contribution in [2.45, 2.75) is 26.2 Å². The van der Waals surface area contributed by atoms with Crippen LogP contribution in [0.2, 0.25) is 0 Å². The molecule has 1 saturated heterocycles. The molecule has 0 aliphatic carbocycles. The Balaban J connectivity index is 1.59. The molecular formula is C29H31NO4S. The summed E-state index contributed by atoms with van der Waals surface area (Å²) < 4.78 is 5.92. The SMILES string of the molecule is C=Cc1c(/C=C(\C)O)sc(-c2ccc(O)cc2)c1C(=O)c1ccc(OCCN2CCCCC2)cc1. The van der Waals surface area contributed by atoms with Crippen LogP contribution in [-0.4, -0.2) is 47.1 Å². The van der Waals surface area contributed by atoms with Gasteiger partial charge in [-0.1, -0.05) is 19.1 Å². The van der Waals surface area contributed by atoms with Gasteiger partial charge in [0.15, 0.2) is 5.78 Å². The third-order valence-electron chi connectivity index (χ3n) is 6.12. The molecule has 5 nitrogen and oxygen atoms in total. The minimum Gasteiger partial charge on any atom is -0.513 e. The lowest BCUT2D eigenvalue weighted by Crippen LogP contribution is -2.33. The monoisotopic (exact) mass is 489 g/mol. The fourth-order valence-electron chi connectivity index (χ4n) is 4.33. The van der Waals surface area contributed by atoms with E-state index in [1.165, 1.54) is 30.6 Å². The van der Waals surface area contributed by atoms with Gasteiger partial charge in [-0.05, 0) is 93.0 Å². The fraction of sp³-hybridized carbons (Fsp3) is 0.276. The van der Waals surface area contributed by atoms with Gasteiger partial charge in [0.1, 0.15) is 18.1 Å². The second-order valence-corrected chi connectivity index (χ2v) is 9.78. The van der Waals surface area contributed by atoms with Crippen LogP contribution >= 0.6 is 11.3 Å². The van der Waals surface area contributed by atoms with Crippen LogP contribution in [0.4, 0.5) is 0 Å². The Morgan fingerprint density at radius 2 is 1.77 bits per heavy atom. The summed E-state index contributed by atoms with van der Waals surface area (Å²) in [4.78, 5) is 17.6. The Kier molecular flexibility index (Phi) is 8.06. The number of allylic oxidation sites excluding steroid dienone is 1. The zero-order chi connectivity index (χ0) is 24.8. The lowest BCUT2D eigenvalue weighted by Gasteiger charge is -2.26. The first-order valence-corrected chi connectivity index (χ1v) is 12.7. The van der Waals surface area contributed by atoms with E-state index in [1.807, 2.05) is 12.1 Å². The van der Waals surface area contributed by atoms with Crippen molar-refractivity contribution in [2.75, 3.05) is 26.2 Å². The van der Waals surface area contributed by atoms with Crippen LogP contribution in [0.15, 0.2) is 60.9 Å². The molecule has 0 amide bonds. The highest BCUT2D eigenvalue weighted by Gasteiger charge is 2.24. The maximum Gasteiger partial charge on any atom is 0.195 e. The van der Waals surface area contributed by atoms with Crippen LogP contribution < -0.4 is 4.74 Å². The number of carbonyl (C=O) groups excluding carboxylic acids is 1. The number of likely N-dealkylation sites (tertiary alicyclic amines) is 1. The number of aliphatic hydroxyl groups excluding tert-OH is 1. The number of ketones is 1. The molecule has 1 aromatic heterocycles. The van der Waals surface area contributed by atoms with Gasteiger partial charge in [0.25, 0.3) is 0 Å². The number of rotatable bonds is 9. The molecule has 2 aromatic carbocycles. The molecule has 1 aliphatic heterocycles. The normalized spacial score (nSPS) is 14.6. The van der Waals surface area contributed by atoms with Gasteiger partial charge in [0.05, 0.1) is 5.76 Å². The van der Waals surface area contributed by atoms with Gasteiger partial charge in [-0.15, -0.1) is 11.3 Å². The van der Waals surface area contributed by atoms with Crippen molar-refractivity contribution < 1.29 is 19.7 Å². The van der Waals surface area contributed by atoms with E-state index in [0.717, 1.165) is 40.7 Å². The molecule has 0 saturated carbocycles. The summed E-state index contributed by atoms with van der Waals surface area (Å²) in [5, 5.41) is 19.6. The van der Waals surface area contributed by atoms with Crippen molar-refractivity contribution in [3.63, 3.8) is 0 Å². The number of thiophene rings is 1. The van der Waals surface area contributed by atoms with Crippen molar-refractivity contribution in [3.05, 3.63) is 82.4 Å². The molecule has 0 bridgehead atoms. The van der Waals surface area contributed by atoms with Gasteiger partial charge < -0.3 is 14.9 Å². The molecule has 6 heteroatoms. The summed E-state index contributed by atoms with van der Waals surface area (Å²) in [6, 6.07) is 14.0. The number of piperidine rings is 1. The standard InChI is InChI=1S/C29H31NO4S/c1-3-25-26(19-20(2)31)35-29(22-7-11-23(32)12-8-22)27(25)28(33)21-9-13-24(14-10-21)34-18-17-30-15-5-4-6-16-30/h3,7-14,19,31-32H,1,4-6,15-18H2,2H3/b20-19+. The number of hydrogen-bond donors (Lipinski definition) is 2. The smallest absolute Gasteiger partial charge is 0.195 e. The van der Waals surface area contributed by atoms with E-state index in [2.05, 4.69) is 11.5 Å². The number of hydrogen-bond acceptors (Lipinski definition) is 6. The zero-order valence-electron chi connectivity index (χ0n) is 20.0. The first-order chi connectivity index (χ1) is 17.0. The van der Waals surface area contributed by atoms with Crippen LogP contribution in [0.5, 0.6) is 11.5 Å². The average Bonchev–Trinajstić information content (AvgIpc) is 3.22. The molecule has 0 radical (unpaired) electrons. The van der Waals surface area contributed by atoms with E-state index < -0.39 is 0 Å². The maximum absolute atomic E-state index is 13.7. The van der Waals surface area contributed by atoms with E-state index >= 15 is 0 Å². The number of ether oxygens (including phenoxy) is 1. The minimum atomic E-state index is -0.130. The van der Waals surface area contributed by atoms with Gasteiger partial charge in [-0.3, -0.25) is 9.69 Å². The lowest BCUT2D eigenvalue weighted by molar-refractivity contribution is 0.103. The fourth-order valence-corrected chi connectivity index (χ4v) is 5.63. The van der Waals surface area contributed by atoms with Gasteiger partial charge in [-0.2, -0.15) is 0 Å². The number of phenolic OH excluding ortho intramolecular Hbond substituents is 1. The lowest BCUT2D eigenvalue weighted by atomic mass is 9.96. The van der Waals surface area contributed by atoms with Crippen molar-refractivity contribution in [3.8, 4) is 21.9 Å². The summed E-state index contributed by atoms with van der Waals surface area (Å²) >= 11 is 1.41. The summed E-state index contributed by atoms with van der Waals surface area (Å²) in [5.41, 5.74) is 2.57. The van der Waals surface area contributed by atoms with E-state index in [-0.39, 0.29) is 17.3 Å². The number of carbonyl (C=O) groups is 1. The largest absolute Gasteiger partial charge is 0.513 e. The van der Waals surface area contributed by atoms with Gasteiger partial charge in [0, 0.05) is 33.0 Å². The summed E-state index contributed by atoms with van der Waals surface area (Å²) in [6.07, 6.45) is 7.12. The van der Waals surface area contributed by atoms with Crippen molar-refractivity contribution in [2.24, 2.45) is 0 Å². The summed E-state index contributed by atoms with van der Waals surface area (Å²) in [6.45, 7) is 9.33. The molecule has 1 aliphatic rings. The van der Waals surface area contributed by atoms with Gasteiger partial charge in [0.2, 0.25) is 0 Å². The molecule has 4 rings (SSSR count). The Morgan fingerprint density at radius 1 is 1.09 bits per heavy atom. The van der Waals surface area contributed by atoms with Crippen LogP contribution in [0, 0.1) is 0 Å². The molecule has 1 fully saturated rings. The first-order valence-electron chi connectivity index (χ1n) is 11.9. The Hall–Kier alpha value is -3.35. The van der Waals surface area contributed by atoms with Crippen LogP contribution in [0.1, 0.15) is 52.5 Å². The van der Waals surface area contributed by atoms with Gasteiger partial charge >= 0.3 is 0 Å². The molecule has 0 spiro atoms. The predicted octanol–water partition coefficient (Wildman–Crippen LogP) is 6.78. The second-order valence-electron chi connectivity index (χ2n) is 8.73. The Morgan fingerprint density at radius 3 is 2.40 bits per heavy atom. The van der Waals surface area contributed by atoms with Crippen molar-refractivity contribution >= 4 is 29.3 Å². The Labute approximate surface area is 210 Å². The van der Waals surface area contributed by atoms with E-state index in [9.17, 15) is 15.0 Å². The number of phenols is 1. The highest BCUT2D eigenvalue weighted by molar-refractivity contribution is 7.17. The molecule has 2 heterocycles. The third-order valence-corrected chi connectivity index (χ3v) is 7.32. The quantitative estimate of drug-likeness (QED) is 0.256. The second kappa shape index (κ2) is 11.4. The van der Waals surface area contributed by atoms with Crippen molar-refractivity contribution in [1.82, 2.24) is 4.90 Å². The zero-order valence-corrected chi connectivity index (χ0v) is 20.8. The first kappa shape index (κ1) is 24.8. The van der Waals surface area contributed by atoms with E-state index in [1.54, 1.807) is 55.5 Å². The highest BCUT2D eigenvalue weighted by Crippen LogP contribution is 2.40. The summed E-state index contributed by atoms with van der Waals surface area (Å²) in [5.74, 6) is 0.918. The van der Waals surface area contributed by atoms with Gasteiger partial charge in [-0.25, -0.2) is 0 Å². The number of benzene rings is 2. The minimum absolute atomic E-state index is 0.130. The molecule has 2 N–H and O–H groups in total. The molecule has 0 atom stereocenters. The molecule has 3 aromatic rings. The number of aliphatic hydroxyl groups is 1. The molecule has 35 heavy (non-hydrogen) atoms. The number of aromatic hydroxyl groups is 1. The third kappa shape index (κ3) is 6.02. The molecular weight excluding hydrogens is 458 g/mol. The average molecular weight is 490 g/mol. The number of nitrogens with zero attached hydrogens (tertiary/aromatic N) is 1. The van der Waals surface area contributed by atoms with Crippen LogP contribution in [-0.2, 0) is 0 Å². The summed E-state index contributed by atoms with van der Waals surface area (Å²) in [7, 11) is 0. The molecule has 182 valence electrons. The topological polar surface area (TPSA) is 70.0 Å².